The highest BCUT2D eigenvalue weighted by Crippen LogP contribution is 2.34. The minimum atomic E-state index is -4.37. The number of rotatable bonds is 4. The zero-order valence-electron chi connectivity index (χ0n) is 13.7. The Kier molecular flexibility index (Phi) is 4.69. The second kappa shape index (κ2) is 6.78. The Bertz CT molecular complexity index is 753. The maximum absolute atomic E-state index is 12.7. The van der Waals surface area contributed by atoms with Gasteiger partial charge in [-0.3, -0.25) is 10.00 Å². The fourth-order valence-electron chi connectivity index (χ4n) is 2.72. The normalized spacial score (nSPS) is 13.8. The molecular formula is C17H18F3N3O2. The topological polar surface area (TPSA) is 58.2 Å². The van der Waals surface area contributed by atoms with Crippen LogP contribution in [0.3, 0.4) is 0 Å². The van der Waals surface area contributed by atoms with Crippen molar-refractivity contribution < 1.29 is 22.7 Å². The van der Waals surface area contributed by atoms with E-state index in [1.165, 1.54) is 12.1 Å². The van der Waals surface area contributed by atoms with Crippen molar-refractivity contribution in [1.29, 1.82) is 0 Å². The second-order valence-corrected chi connectivity index (χ2v) is 5.93. The van der Waals surface area contributed by atoms with E-state index >= 15 is 0 Å². The molecule has 1 aliphatic rings. The van der Waals surface area contributed by atoms with E-state index in [1.54, 1.807) is 4.90 Å². The average Bonchev–Trinajstić information content (AvgIpc) is 3.14. The van der Waals surface area contributed by atoms with Crippen molar-refractivity contribution in [3.63, 3.8) is 0 Å². The monoisotopic (exact) mass is 353 g/mol. The largest absolute Gasteiger partial charge is 0.449 e. The summed E-state index contributed by atoms with van der Waals surface area (Å²) in [6.07, 6.45) is -3.01. The Hall–Kier alpha value is -2.51. The van der Waals surface area contributed by atoms with Gasteiger partial charge in [-0.05, 0) is 18.6 Å². The van der Waals surface area contributed by atoms with Crippen LogP contribution < -0.4 is 0 Å². The molecule has 134 valence electrons. The Morgan fingerprint density at radius 1 is 1.28 bits per heavy atom. The minimum Gasteiger partial charge on any atom is -0.449 e. The molecule has 1 amide bonds. The summed E-state index contributed by atoms with van der Waals surface area (Å²) >= 11 is 0. The van der Waals surface area contributed by atoms with Crippen molar-refractivity contribution in [1.82, 2.24) is 15.1 Å². The molecule has 5 nitrogen and oxygen atoms in total. The third-order valence-electron chi connectivity index (χ3n) is 4.12. The number of nitrogens with zero attached hydrogens (tertiary/aromatic N) is 2. The first-order chi connectivity index (χ1) is 11.9. The second-order valence-electron chi connectivity index (χ2n) is 5.93. The third kappa shape index (κ3) is 3.62. The number of carbonyl (C=O) groups is 1. The number of H-pyrrole nitrogens is 1. The number of hydrogen-bond donors (Lipinski definition) is 1. The van der Waals surface area contributed by atoms with Crippen molar-refractivity contribution in [3.05, 3.63) is 41.1 Å². The molecule has 1 aromatic heterocycles. The number of fused-ring (bicyclic) bond motifs is 1. The highest BCUT2D eigenvalue weighted by Gasteiger charge is 2.32. The SMILES string of the molecule is CCCCOC(=O)N1Cc2[nH]nc(-c3ccc(C(F)(F)F)cc3)c2C1. The highest BCUT2D eigenvalue weighted by atomic mass is 19.4. The lowest BCUT2D eigenvalue weighted by molar-refractivity contribution is -0.137. The molecule has 0 bridgehead atoms. The number of amides is 1. The summed E-state index contributed by atoms with van der Waals surface area (Å²) in [4.78, 5) is 13.6. The van der Waals surface area contributed by atoms with E-state index in [-0.39, 0.29) is 0 Å². The first-order valence-electron chi connectivity index (χ1n) is 8.05. The molecule has 2 aromatic rings. The van der Waals surface area contributed by atoms with Crippen molar-refractivity contribution in [2.24, 2.45) is 0 Å². The van der Waals surface area contributed by atoms with Gasteiger partial charge in [-0.2, -0.15) is 18.3 Å². The number of halogens is 3. The maximum atomic E-state index is 12.7. The van der Waals surface area contributed by atoms with Gasteiger partial charge in [-0.15, -0.1) is 0 Å². The first-order valence-corrected chi connectivity index (χ1v) is 8.05. The average molecular weight is 353 g/mol. The van der Waals surface area contributed by atoms with Gasteiger partial charge in [0.05, 0.1) is 36.6 Å². The van der Waals surface area contributed by atoms with E-state index in [1.807, 2.05) is 6.92 Å². The maximum Gasteiger partial charge on any atom is 0.416 e. The molecule has 0 aliphatic carbocycles. The molecule has 2 heterocycles. The molecule has 1 aromatic carbocycles. The van der Waals surface area contributed by atoms with Crippen molar-refractivity contribution >= 4 is 6.09 Å². The van der Waals surface area contributed by atoms with E-state index in [2.05, 4.69) is 10.2 Å². The van der Waals surface area contributed by atoms with Crippen LogP contribution in [0.5, 0.6) is 0 Å². The van der Waals surface area contributed by atoms with Crippen LogP contribution in [0.1, 0.15) is 36.6 Å². The molecule has 0 saturated carbocycles. The fraction of sp³-hybridized carbons (Fsp3) is 0.412. The lowest BCUT2D eigenvalue weighted by atomic mass is 10.1. The number of carbonyl (C=O) groups excluding carboxylic acids is 1. The number of nitrogens with one attached hydrogen (secondary N) is 1. The molecule has 0 saturated heterocycles. The number of unbranched alkanes of at least 4 members (excludes halogenated alkanes) is 1. The molecular weight excluding hydrogens is 335 g/mol. The molecule has 25 heavy (non-hydrogen) atoms. The van der Waals surface area contributed by atoms with Crippen molar-refractivity contribution in [3.8, 4) is 11.3 Å². The number of aromatic nitrogens is 2. The predicted octanol–water partition coefficient (Wildman–Crippen LogP) is 4.35. The van der Waals surface area contributed by atoms with Crippen LogP contribution in [0, 0.1) is 0 Å². The lowest BCUT2D eigenvalue weighted by Gasteiger charge is -2.15. The zero-order chi connectivity index (χ0) is 18.0. The van der Waals surface area contributed by atoms with E-state index < -0.39 is 17.8 Å². The molecule has 0 atom stereocenters. The molecule has 3 rings (SSSR count). The highest BCUT2D eigenvalue weighted by molar-refractivity contribution is 5.71. The molecule has 0 unspecified atom stereocenters. The van der Waals surface area contributed by atoms with Gasteiger partial charge in [0, 0.05) is 11.1 Å². The van der Waals surface area contributed by atoms with Crippen LogP contribution in [-0.2, 0) is 24.0 Å². The van der Waals surface area contributed by atoms with Gasteiger partial charge in [0.1, 0.15) is 0 Å². The van der Waals surface area contributed by atoms with Crippen LogP contribution in [0.2, 0.25) is 0 Å². The number of benzene rings is 1. The fourth-order valence-corrected chi connectivity index (χ4v) is 2.72. The van der Waals surface area contributed by atoms with Gasteiger partial charge in [-0.25, -0.2) is 4.79 Å². The predicted molar refractivity (Wildman–Crippen MR) is 84.5 cm³/mol. The minimum absolute atomic E-state index is 0.327. The Morgan fingerprint density at radius 3 is 2.64 bits per heavy atom. The van der Waals surface area contributed by atoms with Crippen LogP contribution in [-0.4, -0.2) is 27.8 Å². The van der Waals surface area contributed by atoms with E-state index in [9.17, 15) is 18.0 Å². The van der Waals surface area contributed by atoms with E-state index in [0.717, 1.165) is 36.2 Å². The summed E-state index contributed by atoms with van der Waals surface area (Å²) in [5, 5.41) is 7.04. The van der Waals surface area contributed by atoms with Crippen LogP contribution in [0.15, 0.2) is 24.3 Å². The van der Waals surface area contributed by atoms with Gasteiger partial charge in [0.25, 0.3) is 0 Å². The summed E-state index contributed by atoms with van der Waals surface area (Å²) in [6, 6.07) is 4.84. The lowest BCUT2D eigenvalue weighted by Crippen LogP contribution is -2.26. The summed E-state index contributed by atoms with van der Waals surface area (Å²) in [7, 11) is 0. The molecule has 0 radical (unpaired) electrons. The molecule has 8 heteroatoms. The molecule has 0 spiro atoms. The first kappa shape index (κ1) is 17.3. The number of ether oxygens (including phenoxy) is 1. The summed E-state index contributed by atoms with van der Waals surface area (Å²) in [5.74, 6) is 0. The van der Waals surface area contributed by atoms with Crippen LogP contribution in [0.25, 0.3) is 11.3 Å². The smallest absolute Gasteiger partial charge is 0.416 e. The van der Waals surface area contributed by atoms with Gasteiger partial charge < -0.3 is 4.74 Å². The Labute approximate surface area is 142 Å². The third-order valence-corrected chi connectivity index (χ3v) is 4.12. The Balaban J connectivity index is 1.73. The van der Waals surface area contributed by atoms with Gasteiger partial charge in [0.2, 0.25) is 0 Å². The number of alkyl halides is 3. The summed E-state index contributed by atoms with van der Waals surface area (Å²) < 4.78 is 43.2. The number of hydrogen-bond acceptors (Lipinski definition) is 3. The molecule has 1 N–H and O–H groups in total. The summed E-state index contributed by atoms with van der Waals surface area (Å²) in [5.41, 5.74) is 2.03. The van der Waals surface area contributed by atoms with Crippen LogP contribution in [0.4, 0.5) is 18.0 Å². The van der Waals surface area contributed by atoms with Crippen LogP contribution >= 0.6 is 0 Å². The van der Waals surface area contributed by atoms with E-state index in [0.29, 0.717) is 31.0 Å². The summed E-state index contributed by atoms with van der Waals surface area (Å²) in [6.45, 7) is 3.07. The van der Waals surface area contributed by atoms with Gasteiger partial charge >= 0.3 is 12.3 Å². The Morgan fingerprint density at radius 2 is 2.00 bits per heavy atom. The van der Waals surface area contributed by atoms with Crippen molar-refractivity contribution in [2.75, 3.05) is 6.61 Å². The standard InChI is InChI=1S/C17H18F3N3O2/c1-2-3-8-25-16(24)23-9-13-14(10-23)21-22-15(13)11-4-6-12(7-5-11)17(18,19)20/h4-7H,2-3,8-10H2,1H3,(H,21,22). The van der Waals surface area contributed by atoms with E-state index in [4.69, 9.17) is 4.74 Å². The number of aromatic amines is 1. The molecule has 0 fully saturated rings. The van der Waals surface area contributed by atoms with Crippen molar-refractivity contribution in [2.45, 2.75) is 39.0 Å². The zero-order valence-corrected chi connectivity index (χ0v) is 13.7. The quantitative estimate of drug-likeness (QED) is 0.832. The van der Waals surface area contributed by atoms with Gasteiger partial charge in [-0.1, -0.05) is 25.5 Å². The van der Waals surface area contributed by atoms with Gasteiger partial charge in [0.15, 0.2) is 0 Å². The molecule has 1 aliphatic heterocycles.